The SMILES string of the molecule is CC(NC1CCCCCC1)c1ccc(F)c(Cl)c1. The van der Waals surface area contributed by atoms with Gasteiger partial charge in [-0.3, -0.25) is 0 Å². The molecule has 1 unspecified atom stereocenters. The van der Waals surface area contributed by atoms with Crippen molar-refractivity contribution in [2.24, 2.45) is 0 Å². The Morgan fingerprint density at radius 1 is 1.22 bits per heavy atom. The summed E-state index contributed by atoms with van der Waals surface area (Å²) in [5, 5.41) is 3.85. The zero-order valence-corrected chi connectivity index (χ0v) is 11.6. The zero-order valence-electron chi connectivity index (χ0n) is 10.9. The third kappa shape index (κ3) is 3.69. The fourth-order valence-electron chi connectivity index (χ4n) is 2.68. The van der Waals surface area contributed by atoms with Crippen LogP contribution >= 0.6 is 11.6 Å². The number of halogens is 2. The molecule has 1 saturated carbocycles. The van der Waals surface area contributed by atoms with Gasteiger partial charge < -0.3 is 5.32 Å². The molecule has 0 spiro atoms. The second-order valence-electron chi connectivity index (χ2n) is 5.25. The molecule has 1 fully saturated rings. The highest BCUT2D eigenvalue weighted by atomic mass is 35.5. The van der Waals surface area contributed by atoms with E-state index in [1.165, 1.54) is 44.6 Å². The summed E-state index contributed by atoms with van der Waals surface area (Å²) in [6.45, 7) is 2.12. The number of benzene rings is 1. The fourth-order valence-corrected chi connectivity index (χ4v) is 2.87. The molecule has 1 atom stereocenters. The number of hydrogen-bond acceptors (Lipinski definition) is 1. The van der Waals surface area contributed by atoms with Crippen molar-refractivity contribution in [3.8, 4) is 0 Å². The Morgan fingerprint density at radius 2 is 1.89 bits per heavy atom. The number of hydrogen-bond donors (Lipinski definition) is 1. The minimum atomic E-state index is -0.345. The van der Waals surface area contributed by atoms with Gasteiger partial charge in [0, 0.05) is 12.1 Å². The van der Waals surface area contributed by atoms with Gasteiger partial charge >= 0.3 is 0 Å². The first-order valence-electron chi connectivity index (χ1n) is 6.88. The van der Waals surface area contributed by atoms with Crippen molar-refractivity contribution in [3.63, 3.8) is 0 Å². The van der Waals surface area contributed by atoms with E-state index in [1.807, 2.05) is 6.07 Å². The van der Waals surface area contributed by atoms with Crippen LogP contribution in [0.5, 0.6) is 0 Å². The molecule has 3 heteroatoms. The summed E-state index contributed by atoms with van der Waals surface area (Å²) >= 11 is 5.82. The molecule has 1 aliphatic rings. The largest absolute Gasteiger partial charge is 0.307 e. The first-order chi connectivity index (χ1) is 8.66. The molecular weight excluding hydrogens is 249 g/mol. The van der Waals surface area contributed by atoms with Crippen LogP contribution < -0.4 is 5.32 Å². The van der Waals surface area contributed by atoms with Crippen LogP contribution in [0, 0.1) is 5.82 Å². The van der Waals surface area contributed by atoms with Crippen LogP contribution in [-0.2, 0) is 0 Å². The second-order valence-corrected chi connectivity index (χ2v) is 5.66. The molecule has 0 saturated heterocycles. The smallest absolute Gasteiger partial charge is 0.141 e. The van der Waals surface area contributed by atoms with Crippen LogP contribution in [0.4, 0.5) is 4.39 Å². The Kier molecular flexibility index (Phi) is 5.02. The summed E-state index contributed by atoms with van der Waals surface area (Å²) in [6.07, 6.45) is 7.84. The maximum atomic E-state index is 13.1. The van der Waals surface area contributed by atoms with Crippen molar-refractivity contribution in [2.45, 2.75) is 57.5 Å². The molecule has 100 valence electrons. The highest BCUT2D eigenvalue weighted by molar-refractivity contribution is 6.30. The fraction of sp³-hybridized carbons (Fsp3) is 0.600. The maximum absolute atomic E-state index is 13.1. The summed E-state index contributed by atoms with van der Waals surface area (Å²) < 4.78 is 13.1. The lowest BCUT2D eigenvalue weighted by Crippen LogP contribution is -2.31. The van der Waals surface area contributed by atoms with E-state index in [-0.39, 0.29) is 16.9 Å². The monoisotopic (exact) mass is 269 g/mol. The van der Waals surface area contributed by atoms with Crippen LogP contribution in [-0.4, -0.2) is 6.04 Å². The Bertz CT molecular complexity index is 386. The van der Waals surface area contributed by atoms with E-state index >= 15 is 0 Å². The summed E-state index contributed by atoms with van der Waals surface area (Å²) in [4.78, 5) is 0. The van der Waals surface area contributed by atoms with Crippen LogP contribution in [0.15, 0.2) is 18.2 Å². The third-order valence-electron chi connectivity index (χ3n) is 3.78. The van der Waals surface area contributed by atoms with Gasteiger partial charge in [-0.15, -0.1) is 0 Å². The van der Waals surface area contributed by atoms with Crippen molar-refractivity contribution < 1.29 is 4.39 Å². The lowest BCUT2D eigenvalue weighted by atomic mass is 10.0. The van der Waals surface area contributed by atoms with E-state index in [0.29, 0.717) is 6.04 Å². The first-order valence-corrected chi connectivity index (χ1v) is 7.25. The normalized spacial score (nSPS) is 19.5. The van der Waals surface area contributed by atoms with Crippen LogP contribution in [0.3, 0.4) is 0 Å². The first kappa shape index (κ1) is 13.8. The molecule has 1 N–H and O–H groups in total. The molecule has 0 heterocycles. The molecule has 0 aliphatic heterocycles. The van der Waals surface area contributed by atoms with Crippen LogP contribution in [0.25, 0.3) is 0 Å². The lowest BCUT2D eigenvalue weighted by molar-refractivity contribution is 0.414. The molecule has 18 heavy (non-hydrogen) atoms. The average Bonchev–Trinajstić information content (AvgIpc) is 2.61. The molecule has 1 aromatic carbocycles. The maximum Gasteiger partial charge on any atom is 0.141 e. The van der Waals surface area contributed by atoms with Crippen LogP contribution in [0.2, 0.25) is 5.02 Å². The molecule has 2 rings (SSSR count). The average molecular weight is 270 g/mol. The van der Waals surface area contributed by atoms with Gasteiger partial charge in [0.25, 0.3) is 0 Å². The van der Waals surface area contributed by atoms with Gasteiger partial charge in [0.15, 0.2) is 0 Å². The van der Waals surface area contributed by atoms with Gasteiger partial charge in [0.1, 0.15) is 5.82 Å². The van der Waals surface area contributed by atoms with E-state index in [4.69, 9.17) is 11.6 Å². The van der Waals surface area contributed by atoms with Crippen molar-refractivity contribution in [2.75, 3.05) is 0 Å². The van der Waals surface area contributed by atoms with Crippen LogP contribution in [0.1, 0.15) is 57.1 Å². The summed E-state index contributed by atoms with van der Waals surface area (Å²) in [5.74, 6) is -0.345. The van der Waals surface area contributed by atoms with E-state index in [9.17, 15) is 4.39 Å². The molecular formula is C15H21ClFN. The van der Waals surface area contributed by atoms with E-state index in [2.05, 4.69) is 12.2 Å². The van der Waals surface area contributed by atoms with Gasteiger partial charge in [0.2, 0.25) is 0 Å². The second kappa shape index (κ2) is 6.53. The van der Waals surface area contributed by atoms with E-state index in [1.54, 1.807) is 6.07 Å². The van der Waals surface area contributed by atoms with Gasteiger partial charge in [-0.05, 0) is 37.5 Å². The molecule has 0 bridgehead atoms. The Hall–Kier alpha value is -0.600. The molecule has 1 aliphatic carbocycles. The van der Waals surface area contributed by atoms with E-state index in [0.717, 1.165) is 5.56 Å². The minimum Gasteiger partial charge on any atom is -0.307 e. The Balaban J connectivity index is 1.97. The summed E-state index contributed by atoms with van der Waals surface area (Å²) in [6, 6.07) is 5.81. The van der Waals surface area contributed by atoms with Crippen molar-refractivity contribution in [1.82, 2.24) is 5.32 Å². The Morgan fingerprint density at radius 3 is 2.50 bits per heavy atom. The Labute approximate surface area is 114 Å². The molecule has 0 amide bonds. The molecule has 1 aromatic rings. The molecule has 1 nitrogen and oxygen atoms in total. The lowest BCUT2D eigenvalue weighted by Gasteiger charge is -2.22. The van der Waals surface area contributed by atoms with E-state index < -0.39 is 0 Å². The third-order valence-corrected chi connectivity index (χ3v) is 4.07. The summed E-state index contributed by atoms with van der Waals surface area (Å²) in [5.41, 5.74) is 1.06. The van der Waals surface area contributed by atoms with Crippen molar-refractivity contribution >= 4 is 11.6 Å². The van der Waals surface area contributed by atoms with Gasteiger partial charge in [-0.25, -0.2) is 4.39 Å². The topological polar surface area (TPSA) is 12.0 Å². The number of nitrogens with one attached hydrogen (secondary N) is 1. The standard InChI is InChI=1S/C15H21ClFN/c1-11(12-8-9-15(17)14(16)10-12)18-13-6-4-2-3-5-7-13/h8-11,13,18H,2-7H2,1H3. The predicted octanol–water partition coefficient (Wildman–Crippen LogP) is 4.85. The quantitative estimate of drug-likeness (QED) is 0.774. The van der Waals surface area contributed by atoms with Gasteiger partial charge in [-0.1, -0.05) is 43.4 Å². The molecule has 0 aromatic heterocycles. The highest BCUT2D eigenvalue weighted by Crippen LogP contribution is 2.23. The number of rotatable bonds is 3. The molecule has 0 radical (unpaired) electrons. The van der Waals surface area contributed by atoms with Gasteiger partial charge in [0.05, 0.1) is 5.02 Å². The minimum absolute atomic E-state index is 0.210. The van der Waals surface area contributed by atoms with Crippen molar-refractivity contribution in [3.05, 3.63) is 34.6 Å². The summed E-state index contributed by atoms with van der Waals surface area (Å²) in [7, 11) is 0. The highest BCUT2D eigenvalue weighted by Gasteiger charge is 2.16. The van der Waals surface area contributed by atoms with Gasteiger partial charge in [-0.2, -0.15) is 0 Å². The predicted molar refractivity (Wildman–Crippen MR) is 74.5 cm³/mol. The zero-order chi connectivity index (χ0) is 13.0. The van der Waals surface area contributed by atoms with Crippen molar-refractivity contribution in [1.29, 1.82) is 0 Å².